The Morgan fingerprint density at radius 1 is 1.21 bits per heavy atom. The van der Waals surface area contributed by atoms with Crippen molar-refractivity contribution in [1.29, 1.82) is 0 Å². The number of carbonyl (C=O) groups is 1. The molecule has 2 amide bonds. The maximum Gasteiger partial charge on any atom is 0.315 e. The van der Waals surface area contributed by atoms with Gasteiger partial charge in [-0.05, 0) is 52.0 Å². The van der Waals surface area contributed by atoms with E-state index in [9.17, 15) is 13.2 Å². The Morgan fingerprint density at radius 3 is 2.50 bits per heavy atom. The minimum absolute atomic E-state index is 0.0336. The van der Waals surface area contributed by atoms with E-state index >= 15 is 0 Å². The Balaban J connectivity index is 1.61. The highest BCUT2D eigenvalue weighted by molar-refractivity contribution is 7.91. The molecule has 3 rings (SSSR count). The summed E-state index contributed by atoms with van der Waals surface area (Å²) in [5, 5.41) is 5.91. The lowest BCUT2D eigenvalue weighted by Crippen LogP contribution is -2.48. The first-order chi connectivity index (χ1) is 13.3. The lowest BCUT2D eigenvalue weighted by atomic mass is 10.0. The van der Waals surface area contributed by atoms with Crippen LogP contribution in [0, 0.1) is 0 Å². The van der Waals surface area contributed by atoms with E-state index in [0.717, 1.165) is 38.0 Å². The summed E-state index contributed by atoms with van der Waals surface area (Å²) in [6.07, 6.45) is 2.74. The predicted octanol–water partition coefficient (Wildman–Crippen LogP) is 1.24. The summed E-state index contributed by atoms with van der Waals surface area (Å²) < 4.78 is 23.3. The van der Waals surface area contributed by atoms with E-state index in [1.807, 2.05) is 30.3 Å². The highest BCUT2D eigenvalue weighted by Crippen LogP contribution is 2.20. The largest absolute Gasteiger partial charge is 0.334 e. The fourth-order valence-corrected chi connectivity index (χ4v) is 5.76. The van der Waals surface area contributed by atoms with E-state index in [1.165, 1.54) is 0 Å². The van der Waals surface area contributed by atoms with Gasteiger partial charge >= 0.3 is 6.03 Å². The van der Waals surface area contributed by atoms with E-state index in [-0.39, 0.29) is 29.6 Å². The molecule has 1 aromatic rings. The van der Waals surface area contributed by atoms with Crippen LogP contribution in [0.15, 0.2) is 30.3 Å². The number of amides is 2. The Bertz CT molecular complexity index is 748. The van der Waals surface area contributed by atoms with Crippen molar-refractivity contribution in [2.75, 3.05) is 45.2 Å². The number of carbonyl (C=O) groups excluding carboxylic acids is 1. The molecule has 0 radical (unpaired) electrons. The van der Waals surface area contributed by atoms with Gasteiger partial charge in [0.1, 0.15) is 0 Å². The molecule has 2 atom stereocenters. The molecular formula is C20H32N4O3S. The van der Waals surface area contributed by atoms with Gasteiger partial charge in [-0.15, -0.1) is 0 Å². The average Bonchev–Trinajstić information content (AvgIpc) is 3.00. The molecule has 0 saturated carbocycles. The highest BCUT2D eigenvalue weighted by Gasteiger charge is 2.30. The van der Waals surface area contributed by atoms with E-state index < -0.39 is 9.84 Å². The highest BCUT2D eigenvalue weighted by atomic mass is 32.2. The topological polar surface area (TPSA) is 81.8 Å². The van der Waals surface area contributed by atoms with Crippen molar-refractivity contribution in [3.63, 3.8) is 0 Å². The third-order valence-electron chi connectivity index (χ3n) is 5.86. The number of hydrogen-bond donors (Lipinski definition) is 2. The van der Waals surface area contributed by atoms with Crippen molar-refractivity contribution in [2.45, 2.75) is 37.4 Å². The number of rotatable bonds is 6. The Hall–Kier alpha value is -1.64. The molecule has 2 heterocycles. The van der Waals surface area contributed by atoms with Crippen LogP contribution >= 0.6 is 0 Å². The van der Waals surface area contributed by atoms with Crippen molar-refractivity contribution in [2.24, 2.45) is 0 Å². The fraction of sp³-hybridized carbons (Fsp3) is 0.650. The molecule has 7 nitrogen and oxygen atoms in total. The third-order valence-corrected chi connectivity index (χ3v) is 7.62. The first-order valence-corrected chi connectivity index (χ1v) is 11.9. The molecule has 2 N–H and O–H groups in total. The van der Waals surface area contributed by atoms with Crippen LogP contribution in [0.4, 0.5) is 4.79 Å². The van der Waals surface area contributed by atoms with Crippen LogP contribution in [0.25, 0.3) is 0 Å². The molecule has 0 bridgehead atoms. The lowest BCUT2D eigenvalue weighted by Gasteiger charge is -2.37. The first-order valence-electron chi connectivity index (χ1n) is 10.0. The standard InChI is InChI=1S/C20H32N4O3S/c1-23-11-8-18(9-12-23)24(2)14-19(16-6-4-3-5-7-16)22-20(25)21-17-10-13-28(26,27)15-17/h3-7,17-19H,8-15H2,1-2H3,(H2,21,22,25). The molecule has 28 heavy (non-hydrogen) atoms. The van der Waals surface area contributed by atoms with Crippen LogP contribution in [0.3, 0.4) is 0 Å². The Kier molecular flexibility index (Phi) is 6.95. The number of benzene rings is 1. The molecule has 2 fully saturated rings. The van der Waals surface area contributed by atoms with Crippen LogP contribution in [-0.2, 0) is 9.84 Å². The summed E-state index contributed by atoms with van der Waals surface area (Å²) in [7, 11) is 1.26. The van der Waals surface area contributed by atoms with Gasteiger partial charge in [0.2, 0.25) is 0 Å². The van der Waals surface area contributed by atoms with Gasteiger partial charge in [0, 0.05) is 18.6 Å². The number of sulfone groups is 1. The van der Waals surface area contributed by atoms with E-state index in [2.05, 4.69) is 34.5 Å². The van der Waals surface area contributed by atoms with Gasteiger partial charge in [-0.1, -0.05) is 30.3 Å². The van der Waals surface area contributed by atoms with Crippen molar-refractivity contribution in [3.8, 4) is 0 Å². The van der Waals surface area contributed by atoms with Gasteiger partial charge in [-0.25, -0.2) is 13.2 Å². The molecule has 0 aromatic heterocycles. The number of nitrogens with one attached hydrogen (secondary N) is 2. The lowest BCUT2D eigenvalue weighted by molar-refractivity contribution is 0.134. The monoisotopic (exact) mass is 408 g/mol. The van der Waals surface area contributed by atoms with Gasteiger partial charge in [-0.2, -0.15) is 0 Å². The summed E-state index contributed by atoms with van der Waals surface area (Å²) in [5.41, 5.74) is 1.05. The van der Waals surface area contributed by atoms with Crippen LogP contribution in [0.1, 0.15) is 30.9 Å². The smallest absolute Gasteiger partial charge is 0.315 e. The fourth-order valence-electron chi connectivity index (χ4n) is 4.09. The SMILES string of the molecule is CN1CCC(N(C)CC(NC(=O)NC2CCS(=O)(=O)C2)c2ccccc2)CC1. The van der Waals surface area contributed by atoms with Crippen molar-refractivity contribution >= 4 is 15.9 Å². The van der Waals surface area contributed by atoms with Gasteiger partial charge in [-0.3, -0.25) is 0 Å². The van der Waals surface area contributed by atoms with Crippen molar-refractivity contribution in [1.82, 2.24) is 20.4 Å². The molecule has 2 saturated heterocycles. The van der Waals surface area contributed by atoms with Crippen LogP contribution in [0.5, 0.6) is 0 Å². The summed E-state index contributed by atoms with van der Waals surface area (Å²) in [6.45, 7) is 2.90. The summed E-state index contributed by atoms with van der Waals surface area (Å²) in [5.74, 6) is 0.185. The van der Waals surface area contributed by atoms with Gasteiger partial charge in [0.25, 0.3) is 0 Å². The zero-order valence-corrected chi connectivity index (χ0v) is 17.6. The predicted molar refractivity (Wildman–Crippen MR) is 111 cm³/mol. The second-order valence-electron chi connectivity index (χ2n) is 8.16. The number of likely N-dealkylation sites (tertiary alicyclic amines) is 1. The van der Waals surface area contributed by atoms with Gasteiger partial charge in [0.05, 0.1) is 17.5 Å². The number of hydrogen-bond acceptors (Lipinski definition) is 5. The van der Waals surface area contributed by atoms with Crippen LogP contribution in [-0.4, -0.2) is 81.6 Å². The summed E-state index contributed by atoms with van der Waals surface area (Å²) in [6, 6.07) is 9.71. The maximum absolute atomic E-state index is 12.6. The number of urea groups is 1. The van der Waals surface area contributed by atoms with E-state index in [1.54, 1.807) is 0 Å². The van der Waals surface area contributed by atoms with Crippen molar-refractivity contribution in [3.05, 3.63) is 35.9 Å². The Morgan fingerprint density at radius 2 is 1.89 bits per heavy atom. The molecule has 1 aromatic carbocycles. The van der Waals surface area contributed by atoms with Gasteiger partial charge in [0.15, 0.2) is 9.84 Å². The quantitative estimate of drug-likeness (QED) is 0.740. The number of nitrogens with zero attached hydrogens (tertiary/aromatic N) is 2. The van der Waals surface area contributed by atoms with E-state index in [0.29, 0.717) is 12.5 Å². The minimum Gasteiger partial charge on any atom is -0.334 e. The first kappa shape index (κ1) is 21.1. The third kappa shape index (κ3) is 5.93. The molecule has 2 unspecified atom stereocenters. The van der Waals surface area contributed by atoms with Crippen LogP contribution in [0.2, 0.25) is 0 Å². The molecule has 2 aliphatic heterocycles. The molecular weight excluding hydrogens is 376 g/mol. The molecule has 0 spiro atoms. The minimum atomic E-state index is -3.01. The Labute approximate surface area is 168 Å². The van der Waals surface area contributed by atoms with Crippen LogP contribution < -0.4 is 10.6 Å². The number of likely N-dealkylation sites (N-methyl/N-ethyl adjacent to an activating group) is 1. The second-order valence-corrected chi connectivity index (χ2v) is 10.4. The molecule has 0 aliphatic carbocycles. The van der Waals surface area contributed by atoms with Gasteiger partial charge < -0.3 is 20.4 Å². The molecule has 156 valence electrons. The maximum atomic E-state index is 12.6. The normalized spacial score (nSPS) is 24.2. The molecule has 2 aliphatic rings. The van der Waals surface area contributed by atoms with E-state index in [4.69, 9.17) is 0 Å². The zero-order valence-electron chi connectivity index (χ0n) is 16.8. The zero-order chi connectivity index (χ0) is 20.1. The summed E-state index contributed by atoms with van der Waals surface area (Å²) >= 11 is 0. The summed E-state index contributed by atoms with van der Waals surface area (Å²) in [4.78, 5) is 17.2. The molecule has 8 heteroatoms. The van der Waals surface area contributed by atoms with Crippen molar-refractivity contribution < 1.29 is 13.2 Å². The number of piperidine rings is 1. The average molecular weight is 409 g/mol. The second kappa shape index (κ2) is 9.24.